The van der Waals surface area contributed by atoms with Crippen molar-refractivity contribution in [2.24, 2.45) is 0 Å². The number of halogens is 3. The summed E-state index contributed by atoms with van der Waals surface area (Å²) < 4.78 is 52.2. The van der Waals surface area contributed by atoms with Gasteiger partial charge in [-0.2, -0.15) is 5.10 Å². The van der Waals surface area contributed by atoms with Crippen LogP contribution < -0.4 is 0 Å². The fourth-order valence-electron chi connectivity index (χ4n) is 3.04. The Balaban J connectivity index is 1.88. The average Bonchev–Trinajstić information content (AvgIpc) is 3.15. The van der Waals surface area contributed by atoms with Crippen molar-refractivity contribution in [1.82, 2.24) is 9.78 Å². The highest BCUT2D eigenvalue weighted by Gasteiger charge is 2.15. The third-order valence-corrected chi connectivity index (χ3v) is 5.95. The average molecular weight is 445 g/mol. The summed E-state index contributed by atoms with van der Waals surface area (Å²) in [5.41, 5.74) is 2.94. The van der Waals surface area contributed by atoms with E-state index in [1.165, 1.54) is 18.2 Å². The van der Waals surface area contributed by atoms with Crippen LogP contribution in [0.3, 0.4) is 0 Å². The number of benzene rings is 3. The van der Waals surface area contributed by atoms with Crippen molar-refractivity contribution in [1.29, 1.82) is 0 Å². The zero-order chi connectivity index (χ0) is 21.5. The Morgan fingerprint density at radius 1 is 0.833 bits per heavy atom. The molecule has 4 aromatic rings. The zero-order valence-electron chi connectivity index (χ0n) is 15.7. The van der Waals surface area contributed by atoms with Gasteiger partial charge in [0.1, 0.15) is 0 Å². The molecule has 0 N–H and O–H groups in total. The molecule has 0 spiro atoms. The lowest BCUT2D eigenvalue weighted by Gasteiger charge is -2.08. The second-order valence-electron chi connectivity index (χ2n) is 6.73. The standard InChI is InChI=1S/C22H15ClF2N2O2S/c1-30(28,29)18-9-7-17(8-10-18)27-22(14-2-5-16(23)6-3-14)13-21(26-27)15-4-11-19(24)20(25)12-15/h2-13H,1H3. The molecule has 0 radical (unpaired) electrons. The predicted molar refractivity (Wildman–Crippen MR) is 112 cm³/mol. The van der Waals surface area contributed by atoms with E-state index >= 15 is 0 Å². The Hall–Kier alpha value is -3.03. The number of sulfone groups is 1. The van der Waals surface area contributed by atoms with Gasteiger partial charge in [-0.15, -0.1) is 0 Å². The Bertz CT molecular complexity index is 1330. The van der Waals surface area contributed by atoms with Gasteiger partial charge in [0.2, 0.25) is 0 Å². The molecular weight excluding hydrogens is 430 g/mol. The van der Waals surface area contributed by atoms with Gasteiger partial charge in [0.15, 0.2) is 21.5 Å². The van der Waals surface area contributed by atoms with E-state index in [2.05, 4.69) is 5.10 Å². The van der Waals surface area contributed by atoms with Crippen LogP contribution in [0, 0.1) is 11.6 Å². The Morgan fingerprint density at radius 2 is 1.47 bits per heavy atom. The molecule has 0 aliphatic carbocycles. The third kappa shape index (κ3) is 3.99. The van der Waals surface area contributed by atoms with Crippen molar-refractivity contribution >= 4 is 21.4 Å². The summed E-state index contributed by atoms with van der Waals surface area (Å²) in [6.45, 7) is 0. The van der Waals surface area contributed by atoms with Crippen molar-refractivity contribution in [3.63, 3.8) is 0 Å². The van der Waals surface area contributed by atoms with Crippen LogP contribution in [-0.4, -0.2) is 24.5 Å². The van der Waals surface area contributed by atoms with Crippen molar-refractivity contribution in [2.75, 3.05) is 6.26 Å². The van der Waals surface area contributed by atoms with Gasteiger partial charge in [0, 0.05) is 22.4 Å². The van der Waals surface area contributed by atoms with Crippen LogP contribution in [0.25, 0.3) is 28.2 Å². The zero-order valence-corrected chi connectivity index (χ0v) is 17.3. The van der Waals surface area contributed by atoms with E-state index in [0.717, 1.165) is 24.0 Å². The molecule has 152 valence electrons. The molecule has 0 aliphatic rings. The van der Waals surface area contributed by atoms with Gasteiger partial charge in [-0.3, -0.25) is 0 Å². The molecule has 0 bridgehead atoms. The van der Waals surface area contributed by atoms with E-state index in [9.17, 15) is 17.2 Å². The van der Waals surface area contributed by atoms with Crippen LogP contribution in [-0.2, 0) is 9.84 Å². The topological polar surface area (TPSA) is 52.0 Å². The van der Waals surface area contributed by atoms with Crippen molar-refractivity contribution in [3.05, 3.63) is 89.5 Å². The minimum absolute atomic E-state index is 0.187. The number of aromatic nitrogens is 2. The summed E-state index contributed by atoms with van der Waals surface area (Å²) >= 11 is 5.99. The normalized spacial score (nSPS) is 11.6. The first-order chi connectivity index (χ1) is 14.2. The molecule has 3 aromatic carbocycles. The first kappa shape index (κ1) is 20.3. The van der Waals surface area contributed by atoms with Crippen LogP contribution in [0.2, 0.25) is 5.02 Å². The molecule has 1 heterocycles. The van der Waals surface area contributed by atoms with E-state index in [0.29, 0.717) is 27.7 Å². The molecule has 0 aliphatic heterocycles. The first-order valence-electron chi connectivity index (χ1n) is 8.84. The fourth-order valence-corrected chi connectivity index (χ4v) is 3.79. The van der Waals surface area contributed by atoms with Crippen molar-refractivity contribution < 1.29 is 17.2 Å². The molecule has 0 saturated carbocycles. The first-order valence-corrected chi connectivity index (χ1v) is 11.1. The van der Waals surface area contributed by atoms with Gasteiger partial charge in [0.05, 0.1) is 22.0 Å². The lowest BCUT2D eigenvalue weighted by Crippen LogP contribution is -2.01. The molecule has 30 heavy (non-hydrogen) atoms. The molecule has 0 unspecified atom stereocenters. The van der Waals surface area contributed by atoms with Gasteiger partial charge in [-0.05, 0) is 60.7 Å². The number of rotatable bonds is 4. The van der Waals surface area contributed by atoms with E-state index in [4.69, 9.17) is 11.6 Å². The minimum Gasteiger partial charge on any atom is -0.232 e. The second-order valence-corrected chi connectivity index (χ2v) is 9.18. The number of hydrogen-bond acceptors (Lipinski definition) is 3. The maximum atomic E-state index is 13.7. The highest BCUT2D eigenvalue weighted by molar-refractivity contribution is 7.90. The van der Waals surface area contributed by atoms with E-state index in [1.54, 1.807) is 35.0 Å². The van der Waals surface area contributed by atoms with Gasteiger partial charge >= 0.3 is 0 Å². The Kier molecular flexibility index (Phi) is 5.17. The lowest BCUT2D eigenvalue weighted by atomic mass is 10.1. The van der Waals surface area contributed by atoms with E-state index in [-0.39, 0.29) is 4.90 Å². The SMILES string of the molecule is CS(=O)(=O)c1ccc(-n2nc(-c3ccc(F)c(F)c3)cc2-c2ccc(Cl)cc2)cc1. The highest BCUT2D eigenvalue weighted by atomic mass is 35.5. The monoisotopic (exact) mass is 444 g/mol. The van der Waals surface area contributed by atoms with Crippen LogP contribution >= 0.6 is 11.6 Å². The summed E-state index contributed by atoms with van der Waals surface area (Å²) in [7, 11) is -3.34. The summed E-state index contributed by atoms with van der Waals surface area (Å²) in [5.74, 6) is -1.90. The lowest BCUT2D eigenvalue weighted by molar-refractivity contribution is 0.509. The van der Waals surface area contributed by atoms with Crippen LogP contribution in [0.5, 0.6) is 0 Å². The molecule has 0 atom stereocenters. The van der Waals surface area contributed by atoms with E-state index in [1.807, 2.05) is 12.1 Å². The molecule has 0 amide bonds. The fraction of sp³-hybridized carbons (Fsp3) is 0.0455. The molecule has 0 fully saturated rings. The number of hydrogen-bond donors (Lipinski definition) is 0. The molecular formula is C22H15ClF2N2O2S. The Labute approximate surface area is 177 Å². The third-order valence-electron chi connectivity index (χ3n) is 4.57. The van der Waals surface area contributed by atoms with Crippen molar-refractivity contribution in [2.45, 2.75) is 4.90 Å². The summed E-state index contributed by atoms with van der Waals surface area (Å²) in [5, 5.41) is 5.13. The van der Waals surface area contributed by atoms with Crippen LogP contribution in [0.1, 0.15) is 0 Å². The van der Waals surface area contributed by atoms with Gasteiger partial charge in [0.25, 0.3) is 0 Å². The largest absolute Gasteiger partial charge is 0.232 e. The minimum atomic E-state index is -3.34. The quantitative estimate of drug-likeness (QED) is 0.415. The molecule has 0 saturated heterocycles. The second kappa shape index (κ2) is 7.66. The van der Waals surface area contributed by atoms with Crippen LogP contribution in [0.15, 0.2) is 77.7 Å². The Morgan fingerprint density at radius 3 is 2.07 bits per heavy atom. The van der Waals surface area contributed by atoms with Gasteiger partial charge < -0.3 is 0 Å². The number of nitrogens with zero attached hydrogens (tertiary/aromatic N) is 2. The molecule has 8 heteroatoms. The highest BCUT2D eigenvalue weighted by Crippen LogP contribution is 2.30. The maximum Gasteiger partial charge on any atom is 0.175 e. The smallest absolute Gasteiger partial charge is 0.175 e. The summed E-state index contributed by atoms with van der Waals surface area (Å²) in [6.07, 6.45) is 1.14. The predicted octanol–water partition coefficient (Wildman–Crippen LogP) is 5.54. The molecule has 4 rings (SSSR count). The summed E-state index contributed by atoms with van der Waals surface area (Å²) in [6, 6.07) is 18.7. The molecule has 1 aromatic heterocycles. The van der Waals surface area contributed by atoms with Crippen molar-refractivity contribution in [3.8, 4) is 28.2 Å². The summed E-state index contributed by atoms with van der Waals surface area (Å²) in [4.78, 5) is 0.187. The maximum absolute atomic E-state index is 13.7. The van der Waals surface area contributed by atoms with E-state index < -0.39 is 21.5 Å². The molecule has 4 nitrogen and oxygen atoms in total. The van der Waals surface area contributed by atoms with Crippen LogP contribution in [0.4, 0.5) is 8.78 Å². The van der Waals surface area contributed by atoms with Gasteiger partial charge in [-0.1, -0.05) is 23.7 Å². The van der Waals surface area contributed by atoms with Gasteiger partial charge in [-0.25, -0.2) is 21.9 Å².